The minimum atomic E-state index is -3.55. The Labute approximate surface area is 144 Å². The van der Waals surface area contributed by atoms with Gasteiger partial charge in [-0.2, -0.15) is 16.1 Å². The molecule has 0 unspecified atom stereocenters. The Morgan fingerprint density at radius 2 is 1.83 bits per heavy atom. The second-order valence-electron chi connectivity index (χ2n) is 4.88. The van der Waals surface area contributed by atoms with Gasteiger partial charge in [0, 0.05) is 10.3 Å². The monoisotopic (exact) mass is 361 g/mol. The molecule has 3 nitrogen and oxygen atoms in total. The van der Waals surface area contributed by atoms with E-state index in [9.17, 15) is 8.42 Å². The molecule has 6 heteroatoms. The molecule has 3 rings (SSSR count). The first-order chi connectivity index (χ1) is 11.1. The summed E-state index contributed by atoms with van der Waals surface area (Å²) in [6.07, 6.45) is 1.60. The predicted octanol–water partition coefficient (Wildman–Crippen LogP) is 4.49. The highest BCUT2D eigenvalue weighted by Crippen LogP contribution is 2.28. The first kappa shape index (κ1) is 16.1. The highest BCUT2D eigenvalue weighted by molar-refractivity contribution is 7.92. The van der Waals surface area contributed by atoms with E-state index in [0.717, 1.165) is 16.0 Å². The van der Waals surface area contributed by atoms with Crippen LogP contribution in [0.4, 0.5) is 0 Å². The molecule has 3 aromatic rings. The van der Waals surface area contributed by atoms with Crippen LogP contribution >= 0.6 is 22.7 Å². The standard InChI is InChI=1S/C17H15NO2S3/c19-23(20,12-9-14-5-2-1-3-6-14)18-17(15-8-11-21-13-15)16-7-4-10-22-16/h1-13,17-18H/b12-9+/t17-/m0/s1. The van der Waals surface area contributed by atoms with Gasteiger partial charge >= 0.3 is 0 Å². The maximum Gasteiger partial charge on any atom is 0.234 e. The molecule has 23 heavy (non-hydrogen) atoms. The quantitative estimate of drug-likeness (QED) is 0.703. The van der Waals surface area contributed by atoms with Gasteiger partial charge in [-0.3, -0.25) is 0 Å². The van der Waals surface area contributed by atoms with Crippen LogP contribution in [0.1, 0.15) is 22.0 Å². The summed E-state index contributed by atoms with van der Waals surface area (Å²) in [4.78, 5) is 0.972. The van der Waals surface area contributed by atoms with Crippen molar-refractivity contribution in [2.75, 3.05) is 0 Å². The van der Waals surface area contributed by atoms with Gasteiger partial charge in [-0.05, 0) is 45.5 Å². The summed E-state index contributed by atoms with van der Waals surface area (Å²) in [5.41, 5.74) is 1.80. The van der Waals surface area contributed by atoms with Crippen LogP contribution in [-0.4, -0.2) is 8.42 Å². The minimum absolute atomic E-state index is 0.355. The van der Waals surface area contributed by atoms with Crippen molar-refractivity contribution >= 4 is 38.8 Å². The fraction of sp³-hybridized carbons (Fsp3) is 0.0588. The normalized spacial score (nSPS) is 13.4. The number of hydrogen-bond acceptors (Lipinski definition) is 4. The summed E-state index contributed by atoms with van der Waals surface area (Å²) in [6.45, 7) is 0. The van der Waals surface area contributed by atoms with Crippen LogP contribution in [0.15, 0.2) is 70.1 Å². The van der Waals surface area contributed by atoms with Crippen molar-refractivity contribution in [1.82, 2.24) is 4.72 Å². The molecule has 0 spiro atoms. The van der Waals surface area contributed by atoms with Crippen LogP contribution < -0.4 is 4.72 Å². The Balaban J connectivity index is 1.83. The average Bonchev–Trinajstić information content (AvgIpc) is 3.25. The van der Waals surface area contributed by atoms with Crippen LogP contribution in [0.3, 0.4) is 0 Å². The van der Waals surface area contributed by atoms with Crippen molar-refractivity contribution in [2.45, 2.75) is 6.04 Å². The van der Waals surface area contributed by atoms with E-state index in [0.29, 0.717) is 0 Å². The number of thiophene rings is 2. The van der Waals surface area contributed by atoms with E-state index in [1.807, 2.05) is 64.7 Å². The van der Waals surface area contributed by atoms with Crippen molar-refractivity contribution in [3.63, 3.8) is 0 Å². The Bertz CT molecular complexity index is 818. The lowest BCUT2D eigenvalue weighted by molar-refractivity contribution is 0.583. The predicted molar refractivity (Wildman–Crippen MR) is 98.0 cm³/mol. The molecule has 1 N–H and O–H groups in total. The third-order valence-electron chi connectivity index (χ3n) is 3.23. The third kappa shape index (κ3) is 4.39. The van der Waals surface area contributed by atoms with Crippen molar-refractivity contribution in [3.8, 4) is 0 Å². The second kappa shape index (κ2) is 7.23. The Morgan fingerprint density at radius 3 is 2.48 bits per heavy atom. The summed E-state index contributed by atoms with van der Waals surface area (Å²) >= 11 is 3.09. The van der Waals surface area contributed by atoms with Gasteiger partial charge in [0.1, 0.15) is 0 Å². The van der Waals surface area contributed by atoms with Crippen molar-refractivity contribution in [2.24, 2.45) is 0 Å². The maximum atomic E-state index is 12.4. The van der Waals surface area contributed by atoms with Crippen LogP contribution in [0, 0.1) is 0 Å². The Hall–Kier alpha value is -1.73. The van der Waals surface area contributed by atoms with Crippen molar-refractivity contribution in [3.05, 3.63) is 86.1 Å². The zero-order chi connectivity index (χ0) is 16.1. The maximum absolute atomic E-state index is 12.4. The molecule has 0 aliphatic heterocycles. The molecule has 0 radical (unpaired) electrons. The van der Waals surface area contributed by atoms with E-state index in [4.69, 9.17) is 0 Å². The molecule has 1 aromatic carbocycles. The fourth-order valence-electron chi connectivity index (χ4n) is 2.12. The highest BCUT2D eigenvalue weighted by atomic mass is 32.2. The van der Waals surface area contributed by atoms with E-state index < -0.39 is 10.0 Å². The topological polar surface area (TPSA) is 46.2 Å². The largest absolute Gasteiger partial charge is 0.234 e. The minimum Gasteiger partial charge on any atom is -0.208 e. The molecule has 2 heterocycles. The van der Waals surface area contributed by atoms with Crippen LogP contribution in [0.25, 0.3) is 6.08 Å². The van der Waals surface area contributed by atoms with Gasteiger partial charge in [0.15, 0.2) is 0 Å². The molecular formula is C17H15NO2S3. The fourth-order valence-corrected chi connectivity index (χ4v) is 4.69. The zero-order valence-corrected chi connectivity index (χ0v) is 14.6. The van der Waals surface area contributed by atoms with Gasteiger partial charge in [-0.15, -0.1) is 11.3 Å². The first-order valence-corrected chi connectivity index (χ1v) is 10.3. The van der Waals surface area contributed by atoms with Gasteiger partial charge in [-0.25, -0.2) is 8.42 Å². The number of rotatable bonds is 6. The van der Waals surface area contributed by atoms with Crippen molar-refractivity contribution < 1.29 is 8.42 Å². The Morgan fingerprint density at radius 1 is 1.00 bits per heavy atom. The van der Waals surface area contributed by atoms with E-state index in [1.54, 1.807) is 17.4 Å². The molecule has 2 aromatic heterocycles. The number of sulfonamides is 1. The van der Waals surface area contributed by atoms with Gasteiger partial charge in [0.25, 0.3) is 0 Å². The summed E-state index contributed by atoms with van der Waals surface area (Å²) < 4.78 is 27.6. The van der Waals surface area contributed by atoms with E-state index in [1.165, 1.54) is 16.7 Å². The number of nitrogens with one attached hydrogen (secondary N) is 1. The lowest BCUT2D eigenvalue weighted by Gasteiger charge is -2.15. The molecular weight excluding hydrogens is 346 g/mol. The molecule has 0 aliphatic rings. The summed E-state index contributed by atoms with van der Waals surface area (Å²) in [6, 6.07) is 14.8. The van der Waals surface area contributed by atoms with Gasteiger partial charge in [-0.1, -0.05) is 36.4 Å². The van der Waals surface area contributed by atoms with Gasteiger partial charge in [0.2, 0.25) is 10.0 Å². The molecule has 0 aliphatic carbocycles. The Kier molecular flexibility index (Phi) is 5.07. The third-order valence-corrected chi connectivity index (χ3v) is 5.92. The second-order valence-corrected chi connectivity index (χ2v) is 8.24. The summed E-state index contributed by atoms with van der Waals surface area (Å²) in [5.74, 6) is 0. The molecule has 0 saturated carbocycles. The summed E-state index contributed by atoms with van der Waals surface area (Å²) in [5, 5.41) is 7.08. The van der Waals surface area contributed by atoms with Gasteiger partial charge < -0.3 is 0 Å². The lowest BCUT2D eigenvalue weighted by atomic mass is 10.1. The lowest BCUT2D eigenvalue weighted by Crippen LogP contribution is -2.26. The average molecular weight is 362 g/mol. The van der Waals surface area contributed by atoms with Crippen LogP contribution in [-0.2, 0) is 10.0 Å². The molecule has 1 atom stereocenters. The smallest absolute Gasteiger partial charge is 0.208 e. The highest BCUT2D eigenvalue weighted by Gasteiger charge is 2.20. The molecule has 0 saturated heterocycles. The zero-order valence-electron chi connectivity index (χ0n) is 12.1. The number of benzene rings is 1. The summed E-state index contributed by atoms with van der Waals surface area (Å²) in [7, 11) is -3.55. The van der Waals surface area contributed by atoms with Gasteiger partial charge in [0.05, 0.1) is 6.04 Å². The van der Waals surface area contributed by atoms with Crippen LogP contribution in [0.5, 0.6) is 0 Å². The van der Waals surface area contributed by atoms with E-state index in [2.05, 4.69) is 4.72 Å². The van der Waals surface area contributed by atoms with Crippen LogP contribution in [0.2, 0.25) is 0 Å². The first-order valence-electron chi connectivity index (χ1n) is 6.95. The van der Waals surface area contributed by atoms with E-state index >= 15 is 0 Å². The SMILES string of the molecule is O=S(=O)(/C=C/c1ccccc1)N[C@@H](c1ccsc1)c1cccs1. The molecule has 118 valence electrons. The van der Waals surface area contributed by atoms with E-state index in [-0.39, 0.29) is 6.04 Å². The number of hydrogen-bond donors (Lipinski definition) is 1. The molecule has 0 bridgehead atoms. The van der Waals surface area contributed by atoms with Crippen molar-refractivity contribution in [1.29, 1.82) is 0 Å². The molecule has 0 amide bonds. The molecule has 0 fully saturated rings.